The molecule has 6 nitrogen and oxygen atoms in total. The second-order valence-corrected chi connectivity index (χ2v) is 7.88. The number of hydrogen-bond acceptors (Lipinski definition) is 5. The molecule has 1 aliphatic rings. The fourth-order valence-corrected chi connectivity index (χ4v) is 3.57. The number of benzene rings is 2. The maximum absolute atomic E-state index is 13.0. The number of hydrogen-bond donors (Lipinski definition) is 0. The van der Waals surface area contributed by atoms with Crippen molar-refractivity contribution in [1.82, 2.24) is 4.90 Å². The second-order valence-electron chi connectivity index (χ2n) is 7.88. The van der Waals surface area contributed by atoms with Crippen LogP contribution >= 0.6 is 0 Å². The number of nitrogens with zero attached hydrogens (tertiary/aromatic N) is 3. The highest BCUT2D eigenvalue weighted by atomic mass is 19.1. The van der Waals surface area contributed by atoms with E-state index < -0.39 is 0 Å². The zero-order valence-corrected chi connectivity index (χ0v) is 18.9. The molecular formula is C25H32FN3O3. The molecule has 0 spiro atoms. The molecule has 1 fully saturated rings. The first kappa shape index (κ1) is 23.6. The molecule has 0 bridgehead atoms. The third-order valence-corrected chi connectivity index (χ3v) is 5.55. The number of anilines is 1. The summed E-state index contributed by atoms with van der Waals surface area (Å²) in [7, 11) is 1.93. The molecule has 0 aliphatic carbocycles. The van der Waals surface area contributed by atoms with Crippen molar-refractivity contribution in [3.8, 4) is 5.75 Å². The third kappa shape index (κ3) is 6.97. The van der Waals surface area contributed by atoms with Gasteiger partial charge in [0, 0.05) is 25.8 Å². The largest absolute Gasteiger partial charge is 0.484 e. The molecule has 1 heterocycles. The highest BCUT2D eigenvalue weighted by Crippen LogP contribution is 2.16. The number of rotatable bonds is 10. The molecule has 0 saturated carbocycles. The average Bonchev–Trinajstić information content (AvgIpc) is 2.84. The number of likely N-dealkylation sites (N-methyl/N-ethyl adjacent to an activating group) is 1. The van der Waals surface area contributed by atoms with Crippen molar-refractivity contribution in [2.75, 3.05) is 44.8 Å². The summed E-state index contributed by atoms with van der Waals surface area (Å²) in [4.78, 5) is 21.6. The minimum Gasteiger partial charge on any atom is -0.484 e. The summed E-state index contributed by atoms with van der Waals surface area (Å²) in [5.74, 6) is 0.459. The number of carbonyl (C=O) groups is 1. The van der Waals surface area contributed by atoms with Gasteiger partial charge < -0.3 is 19.4 Å². The Morgan fingerprint density at radius 1 is 1.06 bits per heavy atom. The first-order valence-corrected chi connectivity index (χ1v) is 11.2. The van der Waals surface area contributed by atoms with Crippen molar-refractivity contribution in [2.45, 2.75) is 32.6 Å². The van der Waals surface area contributed by atoms with E-state index in [9.17, 15) is 9.18 Å². The molecule has 1 aliphatic heterocycles. The van der Waals surface area contributed by atoms with Crippen LogP contribution in [0.2, 0.25) is 0 Å². The van der Waals surface area contributed by atoms with Gasteiger partial charge in [-0.15, -0.1) is 0 Å². The molecule has 2 aromatic carbocycles. The van der Waals surface area contributed by atoms with Gasteiger partial charge in [-0.25, -0.2) is 4.39 Å². The van der Waals surface area contributed by atoms with Crippen LogP contribution in [0.25, 0.3) is 0 Å². The van der Waals surface area contributed by atoms with Gasteiger partial charge in [-0.05, 0) is 79.8 Å². The van der Waals surface area contributed by atoms with Crippen LogP contribution in [-0.2, 0) is 9.63 Å². The normalized spacial score (nSPS) is 14.2. The van der Waals surface area contributed by atoms with Gasteiger partial charge in [-0.3, -0.25) is 4.79 Å². The molecule has 1 amide bonds. The van der Waals surface area contributed by atoms with Crippen molar-refractivity contribution < 1.29 is 18.8 Å². The Morgan fingerprint density at radius 2 is 1.75 bits per heavy atom. The summed E-state index contributed by atoms with van der Waals surface area (Å²) < 4.78 is 18.7. The van der Waals surface area contributed by atoms with Crippen LogP contribution in [0.1, 0.15) is 38.2 Å². The van der Waals surface area contributed by atoms with Gasteiger partial charge in [0.05, 0.1) is 12.3 Å². The molecule has 0 radical (unpaired) electrons. The second kappa shape index (κ2) is 12.1. The average molecular weight is 442 g/mol. The number of halogens is 1. The van der Waals surface area contributed by atoms with E-state index in [4.69, 9.17) is 9.57 Å². The Labute approximate surface area is 189 Å². The molecule has 3 rings (SSSR count). The Hall–Kier alpha value is -3.09. The predicted octanol–water partition coefficient (Wildman–Crippen LogP) is 4.48. The zero-order chi connectivity index (χ0) is 22.8. The molecule has 7 heteroatoms. The Balaban J connectivity index is 1.45. The standard InChI is InChI=1S/C25H32FN3O3/c1-3-24(27-32-18-17-28(2)22-11-9-21(26)10-12-22)20-7-13-23(14-8-20)31-19-25(30)29-15-5-4-6-16-29/h7-14H,3-6,15-19H2,1-2H3. The van der Waals surface area contributed by atoms with Crippen LogP contribution < -0.4 is 9.64 Å². The lowest BCUT2D eigenvalue weighted by Gasteiger charge is -2.26. The number of likely N-dealkylation sites (tertiary alicyclic amines) is 1. The molecular weight excluding hydrogens is 409 g/mol. The van der Waals surface area contributed by atoms with Gasteiger partial charge in [-0.1, -0.05) is 12.1 Å². The van der Waals surface area contributed by atoms with E-state index in [1.165, 1.54) is 18.6 Å². The van der Waals surface area contributed by atoms with E-state index in [1.807, 2.05) is 48.0 Å². The van der Waals surface area contributed by atoms with Gasteiger partial charge >= 0.3 is 0 Å². The number of ether oxygens (including phenoxy) is 1. The van der Waals surface area contributed by atoms with E-state index >= 15 is 0 Å². The summed E-state index contributed by atoms with van der Waals surface area (Å²) in [5.41, 5.74) is 2.71. The molecule has 172 valence electrons. The van der Waals surface area contributed by atoms with Gasteiger partial charge in [-0.2, -0.15) is 0 Å². The third-order valence-electron chi connectivity index (χ3n) is 5.55. The van der Waals surface area contributed by atoms with Gasteiger partial charge in [0.2, 0.25) is 0 Å². The van der Waals surface area contributed by atoms with Crippen LogP contribution in [0.4, 0.5) is 10.1 Å². The fourth-order valence-electron chi connectivity index (χ4n) is 3.57. The maximum atomic E-state index is 13.0. The number of carbonyl (C=O) groups excluding carboxylic acids is 1. The van der Waals surface area contributed by atoms with Crippen LogP contribution in [0.3, 0.4) is 0 Å². The van der Waals surface area contributed by atoms with Crippen molar-refractivity contribution in [1.29, 1.82) is 0 Å². The van der Waals surface area contributed by atoms with Gasteiger partial charge in [0.15, 0.2) is 6.61 Å². The molecule has 0 N–H and O–H groups in total. The Bertz CT molecular complexity index is 878. The molecule has 2 aromatic rings. The van der Waals surface area contributed by atoms with Crippen LogP contribution in [0, 0.1) is 5.82 Å². The zero-order valence-electron chi connectivity index (χ0n) is 18.9. The van der Waals surface area contributed by atoms with E-state index in [2.05, 4.69) is 5.16 Å². The van der Waals surface area contributed by atoms with Crippen LogP contribution in [0.15, 0.2) is 53.7 Å². The van der Waals surface area contributed by atoms with Crippen molar-refractivity contribution in [3.63, 3.8) is 0 Å². The van der Waals surface area contributed by atoms with Crippen LogP contribution in [-0.4, -0.2) is 56.4 Å². The Morgan fingerprint density at radius 3 is 2.41 bits per heavy atom. The monoisotopic (exact) mass is 441 g/mol. The lowest BCUT2D eigenvalue weighted by Crippen LogP contribution is -2.38. The van der Waals surface area contributed by atoms with Gasteiger partial charge in [0.1, 0.15) is 18.2 Å². The highest BCUT2D eigenvalue weighted by molar-refractivity contribution is 6.00. The minimum atomic E-state index is -0.249. The van der Waals surface area contributed by atoms with Crippen molar-refractivity contribution in [2.24, 2.45) is 5.16 Å². The highest BCUT2D eigenvalue weighted by Gasteiger charge is 2.16. The number of piperidine rings is 1. The van der Waals surface area contributed by atoms with Crippen LogP contribution in [0.5, 0.6) is 5.75 Å². The topological polar surface area (TPSA) is 54.4 Å². The molecule has 0 aromatic heterocycles. The lowest BCUT2D eigenvalue weighted by molar-refractivity contribution is -0.134. The number of oxime groups is 1. The lowest BCUT2D eigenvalue weighted by atomic mass is 10.1. The van der Waals surface area contributed by atoms with E-state index in [1.54, 1.807) is 12.1 Å². The summed E-state index contributed by atoms with van der Waals surface area (Å²) in [6, 6.07) is 13.9. The SMILES string of the molecule is CCC(=NOCCN(C)c1ccc(F)cc1)c1ccc(OCC(=O)N2CCCCC2)cc1. The van der Waals surface area contributed by atoms with E-state index in [-0.39, 0.29) is 18.3 Å². The molecule has 1 saturated heterocycles. The summed E-state index contributed by atoms with van der Waals surface area (Å²) in [6.45, 7) is 4.79. The van der Waals surface area contributed by atoms with Crippen molar-refractivity contribution >= 4 is 17.3 Å². The van der Waals surface area contributed by atoms with Gasteiger partial charge in [0.25, 0.3) is 5.91 Å². The fraction of sp³-hybridized carbons (Fsp3) is 0.440. The van der Waals surface area contributed by atoms with Crippen molar-refractivity contribution in [3.05, 3.63) is 59.9 Å². The molecule has 32 heavy (non-hydrogen) atoms. The summed E-state index contributed by atoms with van der Waals surface area (Å²) in [6.07, 6.45) is 4.07. The maximum Gasteiger partial charge on any atom is 0.260 e. The first-order valence-electron chi connectivity index (χ1n) is 11.2. The molecule has 0 atom stereocenters. The number of amides is 1. The minimum absolute atomic E-state index is 0.0450. The van der Waals surface area contributed by atoms with E-state index in [0.29, 0.717) is 18.9 Å². The smallest absolute Gasteiger partial charge is 0.260 e. The quantitative estimate of drug-likeness (QED) is 0.310. The summed E-state index contributed by atoms with van der Waals surface area (Å²) in [5, 5.41) is 4.29. The predicted molar refractivity (Wildman–Crippen MR) is 125 cm³/mol. The molecule has 0 unspecified atom stereocenters. The first-order chi connectivity index (χ1) is 15.6. The Kier molecular flexibility index (Phi) is 8.90. The summed E-state index contributed by atoms with van der Waals surface area (Å²) >= 11 is 0. The van der Waals surface area contributed by atoms with E-state index in [0.717, 1.165) is 49.3 Å².